The first-order valence-corrected chi connectivity index (χ1v) is 7.63. The van der Waals surface area contributed by atoms with Crippen LogP contribution in [0.15, 0.2) is 12.3 Å². The molecular weight excluding hydrogens is 236 g/mol. The molecule has 0 aromatic carbocycles. The van der Waals surface area contributed by atoms with Crippen LogP contribution < -0.4 is 5.32 Å². The van der Waals surface area contributed by atoms with Crippen molar-refractivity contribution in [3.63, 3.8) is 0 Å². The zero-order valence-corrected chi connectivity index (χ0v) is 12.6. The lowest BCUT2D eigenvalue weighted by atomic mass is 9.90. The molecule has 1 saturated heterocycles. The fourth-order valence-electron chi connectivity index (χ4n) is 3.08. The van der Waals surface area contributed by atoms with Crippen LogP contribution in [-0.2, 0) is 13.5 Å². The molecule has 0 amide bonds. The van der Waals surface area contributed by atoms with Gasteiger partial charge in [0.25, 0.3) is 0 Å². The SMILES string of the molecule is CCNC(C)C1CCN(CCc2ccnn2C)CC1. The lowest BCUT2D eigenvalue weighted by Gasteiger charge is -2.35. The molecule has 1 aromatic heterocycles. The number of aromatic nitrogens is 2. The van der Waals surface area contributed by atoms with Crippen molar-refractivity contribution in [2.45, 2.75) is 39.2 Å². The molecule has 1 aliphatic rings. The molecule has 108 valence electrons. The zero-order valence-electron chi connectivity index (χ0n) is 12.6. The highest BCUT2D eigenvalue weighted by Crippen LogP contribution is 2.20. The van der Waals surface area contributed by atoms with Gasteiger partial charge in [0, 0.05) is 37.9 Å². The van der Waals surface area contributed by atoms with Crippen LogP contribution in [0.3, 0.4) is 0 Å². The second-order valence-corrected chi connectivity index (χ2v) is 5.72. The standard InChI is InChI=1S/C15H28N4/c1-4-16-13(2)14-6-10-19(11-7-14)12-8-15-5-9-17-18(15)3/h5,9,13-14,16H,4,6-8,10-12H2,1-3H3. The third kappa shape index (κ3) is 4.05. The van der Waals surface area contributed by atoms with Crippen molar-refractivity contribution >= 4 is 0 Å². The van der Waals surface area contributed by atoms with Gasteiger partial charge < -0.3 is 10.2 Å². The van der Waals surface area contributed by atoms with E-state index in [0.717, 1.165) is 18.9 Å². The highest BCUT2D eigenvalue weighted by Gasteiger charge is 2.23. The van der Waals surface area contributed by atoms with Crippen LogP contribution >= 0.6 is 0 Å². The third-order valence-corrected chi connectivity index (χ3v) is 4.47. The average Bonchev–Trinajstić information content (AvgIpc) is 2.83. The molecule has 1 atom stereocenters. The highest BCUT2D eigenvalue weighted by molar-refractivity contribution is 5.00. The molecule has 1 unspecified atom stereocenters. The normalized spacial score (nSPS) is 19.7. The van der Waals surface area contributed by atoms with Gasteiger partial charge in [-0.2, -0.15) is 5.10 Å². The summed E-state index contributed by atoms with van der Waals surface area (Å²) in [6, 6.07) is 2.80. The minimum atomic E-state index is 0.671. The summed E-state index contributed by atoms with van der Waals surface area (Å²) in [4.78, 5) is 2.60. The smallest absolute Gasteiger partial charge is 0.0492 e. The van der Waals surface area contributed by atoms with Gasteiger partial charge in [0.15, 0.2) is 0 Å². The van der Waals surface area contributed by atoms with Crippen LogP contribution in [0.25, 0.3) is 0 Å². The maximum Gasteiger partial charge on any atom is 0.0492 e. The maximum absolute atomic E-state index is 4.23. The summed E-state index contributed by atoms with van der Waals surface area (Å²) in [7, 11) is 2.03. The molecule has 0 aliphatic carbocycles. The Labute approximate surface area is 117 Å². The average molecular weight is 264 g/mol. The Bertz CT molecular complexity index is 366. The molecular formula is C15H28N4. The number of nitrogens with zero attached hydrogens (tertiary/aromatic N) is 3. The second kappa shape index (κ2) is 7.06. The predicted molar refractivity (Wildman–Crippen MR) is 79.2 cm³/mol. The van der Waals surface area contributed by atoms with Gasteiger partial charge >= 0.3 is 0 Å². The Morgan fingerprint density at radius 3 is 2.74 bits per heavy atom. The lowest BCUT2D eigenvalue weighted by molar-refractivity contribution is 0.164. The molecule has 2 rings (SSSR count). The first kappa shape index (κ1) is 14.5. The van der Waals surface area contributed by atoms with Crippen molar-refractivity contribution in [1.29, 1.82) is 0 Å². The van der Waals surface area contributed by atoms with Crippen LogP contribution in [0.2, 0.25) is 0 Å². The summed E-state index contributed by atoms with van der Waals surface area (Å²) < 4.78 is 1.99. The first-order valence-electron chi connectivity index (χ1n) is 7.63. The van der Waals surface area contributed by atoms with E-state index < -0.39 is 0 Å². The second-order valence-electron chi connectivity index (χ2n) is 5.72. The van der Waals surface area contributed by atoms with E-state index in [1.807, 2.05) is 17.9 Å². The highest BCUT2D eigenvalue weighted by atomic mass is 15.3. The minimum absolute atomic E-state index is 0.671. The Morgan fingerprint density at radius 1 is 1.42 bits per heavy atom. The molecule has 0 radical (unpaired) electrons. The molecule has 1 fully saturated rings. The van der Waals surface area contributed by atoms with Crippen molar-refractivity contribution in [2.75, 3.05) is 26.2 Å². The van der Waals surface area contributed by atoms with Crippen LogP contribution in [0.5, 0.6) is 0 Å². The molecule has 4 heteroatoms. The first-order chi connectivity index (χ1) is 9.20. The van der Waals surface area contributed by atoms with Gasteiger partial charge in [-0.15, -0.1) is 0 Å². The van der Waals surface area contributed by atoms with Crippen molar-refractivity contribution in [1.82, 2.24) is 20.0 Å². The molecule has 0 bridgehead atoms. The van der Waals surface area contributed by atoms with E-state index in [9.17, 15) is 0 Å². The fourth-order valence-corrected chi connectivity index (χ4v) is 3.08. The number of rotatable bonds is 6. The van der Waals surface area contributed by atoms with E-state index in [1.165, 1.54) is 38.2 Å². The van der Waals surface area contributed by atoms with Crippen molar-refractivity contribution < 1.29 is 0 Å². The van der Waals surface area contributed by atoms with Crippen LogP contribution in [0.1, 0.15) is 32.4 Å². The number of nitrogens with one attached hydrogen (secondary N) is 1. The fraction of sp³-hybridized carbons (Fsp3) is 0.800. The van der Waals surface area contributed by atoms with Gasteiger partial charge in [-0.3, -0.25) is 4.68 Å². The summed E-state index contributed by atoms with van der Waals surface area (Å²) in [6.07, 6.45) is 5.67. The zero-order chi connectivity index (χ0) is 13.7. The van der Waals surface area contributed by atoms with Gasteiger partial charge in [0.1, 0.15) is 0 Å². The predicted octanol–water partition coefficient (Wildman–Crippen LogP) is 1.67. The summed E-state index contributed by atoms with van der Waals surface area (Å²) >= 11 is 0. The Kier molecular flexibility index (Phi) is 5.40. The van der Waals surface area contributed by atoms with Gasteiger partial charge in [0.2, 0.25) is 0 Å². The van der Waals surface area contributed by atoms with E-state index >= 15 is 0 Å². The number of aryl methyl sites for hydroxylation is 1. The molecule has 0 saturated carbocycles. The van der Waals surface area contributed by atoms with Gasteiger partial charge in [-0.25, -0.2) is 0 Å². The van der Waals surface area contributed by atoms with E-state index in [2.05, 4.69) is 35.2 Å². The Hall–Kier alpha value is -0.870. The topological polar surface area (TPSA) is 33.1 Å². The van der Waals surface area contributed by atoms with Gasteiger partial charge in [-0.05, 0) is 51.4 Å². The van der Waals surface area contributed by atoms with Crippen LogP contribution in [-0.4, -0.2) is 46.9 Å². The Morgan fingerprint density at radius 2 is 2.16 bits per heavy atom. The van der Waals surface area contributed by atoms with Crippen molar-refractivity contribution in [3.8, 4) is 0 Å². The molecule has 19 heavy (non-hydrogen) atoms. The van der Waals surface area contributed by atoms with Crippen molar-refractivity contribution in [2.24, 2.45) is 13.0 Å². The third-order valence-electron chi connectivity index (χ3n) is 4.47. The maximum atomic E-state index is 4.23. The summed E-state index contributed by atoms with van der Waals surface area (Å²) in [5.41, 5.74) is 1.34. The quantitative estimate of drug-likeness (QED) is 0.848. The lowest BCUT2D eigenvalue weighted by Crippen LogP contribution is -2.42. The monoisotopic (exact) mass is 264 g/mol. The van der Waals surface area contributed by atoms with E-state index in [-0.39, 0.29) is 0 Å². The van der Waals surface area contributed by atoms with Gasteiger partial charge in [-0.1, -0.05) is 6.92 Å². The largest absolute Gasteiger partial charge is 0.314 e. The van der Waals surface area contributed by atoms with Crippen LogP contribution in [0, 0.1) is 5.92 Å². The molecule has 0 spiro atoms. The molecule has 1 N–H and O–H groups in total. The summed E-state index contributed by atoms with van der Waals surface area (Å²) in [6.45, 7) is 9.28. The van der Waals surface area contributed by atoms with Crippen molar-refractivity contribution in [3.05, 3.63) is 18.0 Å². The minimum Gasteiger partial charge on any atom is -0.314 e. The number of likely N-dealkylation sites (tertiary alicyclic amines) is 1. The summed E-state index contributed by atoms with van der Waals surface area (Å²) in [5, 5.41) is 7.79. The molecule has 1 aromatic rings. The van der Waals surface area contributed by atoms with Gasteiger partial charge in [0.05, 0.1) is 0 Å². The van der Waals surface area contributed by atoms with Crippen LogP contribution in [0.4, 0.5) is 0 Å². The molecule has 2 heterocycles. The summed E-state index contributed by atoms with van der Waals surface area (Å²) in [5.74, 6) is 0.855. The van der Waals surface area contributed by atoms with E-state index in [4.69, 9.17) is 0 Å². The molecule has 1 aliphatic heterocycles. The number of piperidine rings is 1. The van der Waals surface area contributed by atoms with E-state index in [0.29, 0.717) is 6.04 Å². The number of hydrogen-bond acceptors (Lipinski definition) is 3. The number of hydrogen-bond donors (Lipinski definition) is 1. The Balaban J connectivity index is 1.70. The van der Waals surface area contributed by atoms with E-state index in [1.54, 1.807) is 0 Å². The molecule has 4 nitrogen and oxygen atoms in total.